The van der Waals surface area contributed by atoms with E-state index in [0.29, 0.717) is 5.69 Å². The first-order chi connectivity index (χ1) is 14.5. The lowest BCUT2D eigenvalue weighted by atomic mass is 9.96. The molecule has 1 aliphatic heterocycles. The van der Waals surface area contributed by atoms with Gasteiger partial charge < -0.3 is 5.32 Å². The number of rotatable bonds is 3. The number of benzene rings is 3. The standard InChI is InChI=1S/C25H20BrN3O/c1-15-12-16(2)14-20(13-15)29-24(18-6-4-3-5-7-18)21-22(27-25(30)23(21)28-29)17-8-10-19(26)11-9-17/h3-14,22H,1-2H3,(H,27,30). The summed E-state index contributed by atoms with van der Waals surface area (Å²) in [6, 6.07) is 24.3. The molecule has 2 heterocycles. The molecule has 0 spiro atoms. The molecule has 3 aromatic carbocycles. The molecule has 1 amide bonds. The number of nitrogens with zero attached hydrogens (tertiary/aromatic N) is 2. The predicted octanol–water partition coefficient (Wildman–Crippen LogP) is 5.75. The number of carbonyl (C=O) groups is 1. The van der Waals surface area contributed by atoms with Gasteiger partial charge in [0.05, 0.1) is 17.4 Å². The number of aromatic nitrogens is 2. The average Bonchev–Trinajstić information content (AvgIpc) is 3.27. The molecule has 0 fully saturated rings. The fraction of sp³-hybridized carbons (Fsp3) is 0.120. The van der Waals surface area contributed by atoms with E-state index >= 15 is 0 Å². The Bertz CT molecular complexity index is 1240. The monoisotopic (exact) mass is 457 g/mol. The number of carbonyl (C=O) groups excluding carboxylic acids is 1. The molecule has 0 radical (unpaired) electrons. The first-order valence-corrected chi connectivity index (χ1v) is 10.6. The number of nitrogens with one attached hydrogen (secondary N) is 1. The summed E-state index contributed by atoms with van der Waals surface area (Å²) in [7, 11) is 0. The lowest BCUT2D eigenvalue weighted by Crippen LogP contribution is -2.22. The van der Waals surface area contributed by atoms with Crippen LogP contribution in [0.2, 0.25) is 0 Å². The minimum Gasteiger partial charge on any atom is -0.340 e. The zero-order valence-corrected chi connectivity index (χ0v) is 18.3. The topological polar surface area (TPSA) is 46.9 Å². The summed E-state index contributed by atoms with van der Waals surface area (Å²) in [6.45, 7) is 4.15. The molecule has 5 rings (SSSR count). The zero-order valence-electron chi connectivity index (χ0n) is 16.7. The molecule has 0 saturated heterocycles. The summed E-state index contributed by atoms with van der Waals surface area (Å²) in [5, 5.41) is 7.91. The molecule has 30 heavy (non-hydrogen) atoms. The molecule has 5 heteroatoms. The smallest absolute Gasteiger partial charge is 0.272 e. The van der Waals surface area contributed by atoms with Crippen LogP contribution in [0, 0.1) is 13.8 Å². The van der Waals surface area contributed by atoms with Gasteiger partial charge in [-0.3, -0.25) is 4.79 Å². The van der Waals surface area contributed by atoms with E-state index in [-0.39, 0.29) is 11.9 Å². The lowest BCUT2D eigenvalue weighted by Gasteiger charge is -2.17. The van der Waals surface area contributed by atoms with Crippen molar-refractivity contribution in [1.29, 1.82) is 0 Å². The quantitative estimate of drug-likeness (QED) is 0.425. The van der Waals surface area contributed by atoms with Gasteiger partial charge in [0.25, 0.3) is 5.91 Å². The molecule has 0 saturated carbocycles. The molecule has 1 atom stereocenters. The Morgan fingerprint density at radius 3 is 2.27 bits per heavy atom. The third-order valence-corrected chi connectivity index (χ3v) is 5.93. The molecule has 1 unspecified atom stereocenters. The summed E-state index contributed by atoms with van der Waals surface area (Å²) in [5.74, 6) is -0.141. The highest BCUT2D eigenvalue weighted by atomic mass is 79.9. The van der Waals surface area contributed by atoms with E-state index < -0.39 is 0 Å². The number of hydrogen-bond donors (Lipinski definition) is 1. The van der Waals surface area contributed by atoms with E-state index in [1.807, 2.05) is 47.1 Å². The van der Waals surface area contributed by atoms with Gasteiger partial charge in [0, 0.05) is 15.6 Å². The number of fused-ring (bicyclic) bond motifs is 1. The normalized spacial score (nSPS) is 15.2. The summed E-state index contributed by atoms with van der Waals surface area (Å²) in [6.07, 6.45) is 0. The lowest BCUT2D eigenvalue weighted by molar-refractivity contribution is 0.0955. The van der Waals surface area contributed by atoms with Gasteiger partial charge in [-0.25, -0.2) is 4.68 Å². The SMILES string of the molecule is Cc1cc(C)cc(-n2nc3c(c2-c2ccccc2)C(c2ccc(Br)cc2)NC3=O)c1. The Hall–Kier alpha value is -3.18. The average molecular weight is 458 g/mol. The highest BCUT2D eigenvalue weighted by Crippen LogP contribution is 2.40. The maximum absolute atomic E-state index is 12.9. The van der Waals surface area contributed by atoms with Crippen LogP contribution in [0.3, 0.4) is 0 Å². The Labute approximate surface area is 183 Å². The van der Waals surface area contributed by atoms with E-state index in [1.165, 1.54) is 0 Å². The van der Waals surface area contributed by atoms with E-state index in [9.17, 15) is 4.79 Å². The molecule has 1 N–H and O–H groups in total. The number of halogens is 1. The fourth-order valence-corrected chi connectivity index (χ4v) is 4.45. The van der Waals surface area contributed by atoms with Crippen LogP contribution in [-0.4, -0.2) is 15.7 Å². The molecule has 0 aliphatic carbocycles. The van der Waals surface area contributed by atoms with Crippen molar-refractivity contribution in [2.45, 2.75) is 19.9 Å². The van der Waals surface area contributed by atoms with Crippen molar-refractivity contribution in [3.63, 3.8) is 0 Å². The molecule has 4 nitrogen and oxygen atoms in total. The summed E-state index contributed by atoms with van der Waals surface area (Å²) >= 11 is 3.49. The van der Waals surface area contributed by atoms with Crippen LogP contribution in [0.15, 0.2) is 77.3 Å². The van der Waals surface area contributed by atoms with Crippen LogP contribution in [0.5, 0.6) is 0 Å². The third kappa shape index (κ3) is 3.15. The zero-order chi connectivity index (χ0) is 20.8. The Balaban J connectivity index is 1.78. The van der Waals surface area contributed by atoms with E-state index in [4.69, 9.17) is 5.10 Å². The summed E-state index contributed by atoms with van der Waals surface area (Å²) in [5.41, 5.74) is 7.70. The van der Waals surface area contributed by atoms with Crippen LogP contribution in [0.4, 0.5) is 0 Å². The van der Waals surface area contributed by atoms with Crippen molar-refractivity contribution >= 4 is 21.8 Å². The second-order valence-corrected chi connectivity index (χ2v) is 8.61. The molecular weight excluding hydrogens is 438 g/mol. The van der Waals surface area contributed by atoms with Crippen LogP contribution in [-0.2, 0) is 0 Å². The number of aryl methyl sites for hydroxylation is 2. The minimum atomic E-state index is -0.240. The van der Waals surface area contributed by atoms with Gasteiger partial charge in [0.15, 0.2) is 5.69 Å². The molecular formula is C25H20BrN3O. The van der Waals surface area contributed by atoms with Crippen molar-refractivity contribution in [2.75, 3.05) is 0 Å². The first kappa shape index (κ1) is 18.8. The molecule has 0 bridgehead atoms. The highest BCUT2D eigenvalue weighted by Gasteiger charge is 2.37. The largest absolute Gasteiger partial charge is 0.340 e. The van der Waals surface area contributed by atoms with Crippen molar-refractivity contribution in [3.05, 3.63) is 105 Å². The van der Waals surface area contributed by atoms with Gasteiger partial charge >= 0.3 is 0 Å². The van der Waals surface area contributed by atoms with E-state index in [2.05, 4.69) is 65.4 Å². The summed E-state index contributed by atoms with van der Waals surface area (Å²) < 4.78 is 2.93. The molecule has 4 aromatic rings. The molecule has 1 aliphatic rings. The Morgan fingerprint density at radius 1 is 0.933 bits per heavy atom. The van der Waals surface area contributed by atoms with Crippen LogP contribution >= 0.6 is 15.9 Å². The number of amides is 1. The predicted molar refractivity (Wildman–Crippen MR) is 122 cm³/mol. The molecule has 1 aromatic heterocycles. The summed E-state index contributed by atoms with van der Waals surface area (Å²) in [4.78, 5) is 12.9. The van der Waals surface area contributed by atoms with Crippen LogP contribution in [0.1, 0.15) is 38.8 Å². The van der Waals surface area contributed by atoms with Gasteiger partial charge in [-0.15, -0.1) is 0 Å². The van der Waals surface area contributed by atoms with Gasteiger partial charge in [-0.1, -0.05) is 64.5 Å². The van der Waals surface area contributed by atoms with Gasteiger partial charge in [-0.05, 0) is 54.8 Å². The van der Waals surface area contributed by atoms with Crippen molar-refractivity contribution in [1.82, 2.24) is 15.1 Å². The van der Waals surface area contributed by atoms with Gasteiger partial charge in [0.2, 0.25) is 0 Å². The fourth-order valence-electron chi connectivity index (χ4n) is 4.18. The Kier molecular flexibility index (Phi) is 4.55. The van der Waals surface area contributed by atoms with Crippen LogP contribution < -0.4 is 5.32 Å². The first-order valence-electron chi connectivity index (χ1n) is 9.84. The maximum atomic E-state index is 12.9. The van der Waals surface area contributed by atoms with Crippen molar-refractivity contribution in [2.24, 2.45) is 0 Å². The minimum absolute atomic E-state index is 0.141. The van der Waals surface area contributed by atoms with Crippen molar-refractivity contribution < 1.29 is 4.79 Å². The molecule has 148 valence electrons. The number of hydrogen-bond acceptors (Lipinski definition) is 2. The van der Waals surface area contributed by atoms with Gasteiger partial charge in [-0.2, -0.15) is 5.10 Å². The van der Waals surface area contributed by atoms with Crippen molar-refractivity contribution in [3.8, 4) is 16.9 Å². The van der Waals surface area contributed by atoms with E-state index in [0.717, 1.165) is 43.7 Å². The maximum Gasteiger partial charge on any atom is 0.272 e. The Morgan fingerprint density at radius 2 is 1.60 bits per heavy atom. The second-order valence-electron chi connectivity index (χ2n) is 7.69. The van der Waals surface area contributed by atoms with Crippen LogP contribution in [0.25, 0.3) is 16.9 Å². The highest BCUT2D eigenvalue weighted by molar-refractivity contribution is 9.10. The van der Waals surface area contributed by atoms with Gasteiger partial charge in [0.1, 0.15) is 0 Å². The third-order valence-electron chi connectivity index (χ3n) is 5.40. The van der Waals surface area contributed by atoms with E-state index in [1.54, 1.807) is 0 Å². The second kappa shape index (κ2) is 7.26.